The van der Waals surface area contributed by atoms with Gasteiger partial charge in [-0.05, 0) is 39.0 Å². The molecule has 0 radical (unpaired) electrons. The number of carbonyl (C=O) groups excluding carboxylic acids is 1. The molecule has 0 saturated carbocycles. The van der Waals surface area contributed by atoms with Crippen molar-refractivity contribution in [2.45, 2.75) is 50.7 Å². The molecular formula is C12H23ClN4O4. The van der Waals surface area contributed by atoms with Crippen LogP contribution in [0.15, 0.2) is 10.2 Å². The van der Waals surface area contributed by atoms with Crippen molar-refractivity contribution < 1.29 is 19.4 Å². The molecule has 8 nitrogen and oxygen atoms in total. The quantitative estimate of drug-likeness (QED) is 0.527. The second-order valence-corrected chi connectivity index (χ2v) is 5.02. The average Bonchev–Trinajstić information content (AvgIpc) is 3.12. The molecular weight excluding hydrogens is 300 g/mol. The Balaban J connectivity index is 0.00000400. The van der Waals surface area contributed by atoms with Crippen LogP contribution in [0, 0.1) is 0 Å². The molecule has 0 bridgehead atoms. The number of carboxylic acids is 1. The number of nitrogens with one attached hydrogen (secondary N) is 1. The number of amides is 1. The maximum atomic E-state index is 11.3. The van der Waals surface area contributed by atoms with E-state index in [1.807, 2.05) is 6.92 Å². The summed E-state index contributed by atoms with van der Waals surface area (Å²) in [7, 11) is 0. The van der Waals surface area contributed by atoms with Gasteiger partial charge in [-0.25, -0.2) is 4.79 Å². The molecule has 1 heterocycles. The van der Waals surface area contributed by atoms with Crippen LogP contribution in [0.4, 0.5) is 4.79 Å². The minimum absolute atomic E-state index is 0. The maximum absolute atomic E-state index is 11.3. The molecule has 21 heavy (non-hydrogen) atoms. The number of carbonyl (C=O) groups is 2. The molecule has 0 fully saturated rings. The van der Waals surface area contributed by atoms with Crippen molar-refractivity contribution >= 4 is 24.5 Å². The minimum Gasteiger partial charge on any atom is -0.480 e. The number of hydrogen-bond donors (Lipinski definition) is 3. The van der Waals surface area contributed by atoms with Crippen LogP contribution in [0.1, 0.15) is 39.0 Å². The van der Waals surface area contributed by atoms with Crippen LogP contribution >= 0.6 is 12.4 Å². The lowest BCUT2D eigenvalue weighted by Crippen LogP contribution is -2.30. The summed E-state index contributed by atoms with van der Waals surface area (Å²) in [5.41, 5.74) is 5.11. The van der Waals surface area contributed by atoms with Gasteiger partial charge in [0, 0.05) is 6.54 Å². The predicted molar refractivity (Wildman–Crippen MR) is 78.6 cm³/mol. The van der Waals surface area contributed by atoms with Crippen molar-refractivity contribution in [2.24, 2.45) is 16.0 Å². The van der Waals surface area contributed by atoms with Crippen molar-refractivity contribution in [3.63, 3.8) is 0 Å². The largest absolute Gasteiger partial charge is 0.480 e. The first kappa shape index (κ1) is 19.6. The molecule has 1 amide bonds. The first-order valence-corrected chi connectivity index (χ1v) is 6.76. The highest BCUT2D eigenvalue weighted by atomic mass is 35.5. The van der Waals surface area contributed by atoms with E-state index in [9.17, 15) is 9.59 Å². The van der Waals surface area contributed by atoms with Gasteiger partial charge in [0.25, 0.3) is 0 Å². The Morgan fingerprint density at radius 2 is 2.00 bits per heavy atom. The van der Waals surface area contributed by atoms with E-state index in [2.05, 4.69) is 15.5 Å². The number of halogens is 1. The zero-order valence-electron chi connectivity index (χ0n) is 12.1. The van der Waals surface area contributed by atoms with E-state index in [0.29, 0.717) is 32.4 Å². The van der Waals surface area contributed by atoms with Crippen LogP contribution < -0.4 is 11.1 Å². The summed E-state index contributed by atoms with van der Waals surface area (Å²) < 4.78 is 4.98. The molecule has 0 spiro atoms. The van der Waals surface area contributed by atoms with Gasteiger partial charge in [-0.1, -0.05) is 0 Å². The summed E-state index contributed by atoms with van der Waals surface area (Å²) in [4.78, 5) is 21.8. The third-order valence-corrected chi connectivity index (χ3v) is 3.00. The van der Waals surface area contributed by atoms with Gasteiger partial charge in [0.1, 0.15) is 6.04 Å². The SMILES string of the molecule is CC1(CCCOC(=O)NCCCCC(N)C(=O)O)N=N1.Cl. The molecule has 0 aliphatic carbocycles. The molecule has 1 rings (SSSR count). The Morgan fingerprint density at radius 3 is 2.57 bits per heavy atom. The van der Waals surface area contributed by atoms with E-state index in [1.54, 1.807) is 0 Å². The smallest absolute Gasteiger partial charge is 0.407 e. The summed E-state index contributed by atoms with van der Waals surface area (Å²) in [6.07, 6.45) is 2.78. The van der Waals surface area contributed by atoms with Crippen molar-refractivity contribution in [1.29, 1.82) is 0 Å². The first-order chi connectivity index (χ1) is 9.43. The van der Waals surface area contributed by atoms with E-state index >= 15 is 0 Å². The van der Waals surface area contributed by atoms with Gasteiger partial charge in [-0.3, -0.25) is 4.79 Å². The number of unbranched alkanes of at least 4 members (excludes halogenated alkanes) is 1. The number of hydrogen-bond acceptors (Lipinski definition) is 6. The van der Waals surface area contributed by atoms with E-state index in [1.165, 1.54) is 0 Å². The summed E-state index contributed by atoms with van der Waals surface area (Å²) >= 11 is 0. The topological polar surface area (TPSA) is 126 Å². The summed E-state index contributed by atoms with van der Waals surface area (Å²) in [6, 6.07) is -0.832. The number of aliphatic carboxylic acids is 1. The Labute approximate surface area is 129 Å². The standard InChI is InChI=1S/C12H22N4O4.ClH/c1-12(15-16-12)6-4-8-20-11(19)14-7-3-2-5-9(13)10(17)18;/h9H,2-8,13H2,1H3,(H,14,19)(H,17,18);1H. The average molecular weight is 323 g/mol. The highest BCUT2D eigenvalue weighted by Gasteiger charge is 2.32. The van der Waals surface area contributed by atoms with Crippen molar-refractivity contribution in [3.8, 4) is 0 Å². The number of nitrogens with two attached hydrogens (primary N) is 1. The highest BCUT2D eigenvalue weighted by Crippen LogP contribution is 2.31. The van der Waals surface area contributed by atoms with Crippen molar-refractivity contribution in [2.75, 3.05) is 13.2 Å². The van der Waals surface area contributed by atoms with Crippen LogP contribution in [0.2, 0.25) is 0 Å². The Bertz CT molecular complexity index is 372. The highest BCUT2D eigenvalue weighted by molar-refractivity contribution is 5.85. The molecule has 0 aromatic heterocycles. The summed E-state index contributed by atoms with van der Waals surface area (Å²) in [5, 5.41) is 18.9. The third-order valence-electron chi connectivity index (χ3n) is 3.00. The van der Waals surface area contributed by atoms with Gasteiger partial charge in [0.05, 0.1) is 6.61 Å². The fourth-order valence-corrected chi connectivity index (χ4v) is 1.61. The molecule has 4 N–H and O–H groups in total. The molecule has 0 aromatic carbocycles. The molecule has 9 heteroatoms. The van der Waals surface area contributed by atoms with Crippen LogP contribution in [0.25, 0.3) is 0 Å². The third kappa shape index (κ3) is 9.19. The zero-order chi connectivity index (χ0) is 15.0. The number of nitrogens with zero attached hydrogens (tertiary/aromatic N) is 2. The second kappa shape index (κ2) is 9.51. The molecule has 1 unspecified atom stereocenters. The lowest BCUT2D eigenvalue weighted by atomic mass is 10.1. The Hall–Kier alpha value is -1.41. The Kier molecular flexibility index (Phi) is 8.87. The maximum Gasteiger partial charge on any atom is 0.407 e. The fraction of sp³-hybridized carbons (Fsp3) is 0.833. The number of rotatable bonds is 10. The lowest BCUT2D eigenvalue weighted by molar-refractivity contribution is -0.138. The van der Waals surface area contributed by atoms with Crippen LogP contribution in [-0.2, 0) is 9.53 Å². The normalized spacial score (nSPS) is 15.7. The molecule has 1 aliphatic heterocycles. The lowest BCUT2D eigenvalue weighted by Gasteiger charge is -2.08. The predicted octanol–water partition coefficient (Wildman–Crippen LogP) is 1.68. The zero-order valence-corrected chi connectivity index (χ0v) is 12.9. The molecule has 0 saturated heterocycles. The van der Waals surface area contributed by atoms with Crippen LogP contribution in [0.5, 0.6) is 0 Å². The second-order valence-electron chi connectivity index (χ2n) is 5.02. The van der Waals surface area contributed by atoms with Crippen LogP contribution in [0.3, 0.4) is 0 Å². The van der Waals surface area contributed by atoms with Gasteiger partial charge in [-0.2, -0.15) is 10.2 Å². The van der Waals surface area contributed by atoms with Crippen molar-refractivity contribution in [1.82, 2.24) is 5.32 Å². The van der Waals surface area contributed by atoms with Gasteiger partial charge in [0.15, 0.2) is 5.66 Å². The van der Waals surface area contributed by atoms with Crippen LogP contribution in [-0.4, -0.2) is 42.0 Å². The van der Waals surface area contributed by atoms with E-state index in [4.69, 9.17) is 15.6 Å². The molecule has 122 valence electrons. The number of carboxylic acid groups (broad SMARTS) is 1. The van der Waals surface area contributed by atoms with E-state index in [0.717, 1.165) is 12.8 Å². The van der Waals surface area contributed by atoms with E-state index < -0.39 is 18.1 Å². The fourth-order valence-electron chi connectivity index (χ4n) is 1.61. The number of alkyl carbamates (subject to hydrolysis) is 1. The summed E-state index contributed by atoms with van der Waals surface area (Å²) in [6.45, 7) is 2.72. The Morgan fingerprint density at radius 1 is 1.33 bits per heavy atom. The van der Waals surface area contributed by atoms with Gasteiger partial charge < -0.3 is 20.9 Å². The molecule has 0 aromatic rings. The summed E-state index contributed by atoms with van der Waals surface area (Å²) in [5.74, 6) is -1.000. The monoisotopic (exact) mass is 322 g/mol. The molecule has 1 atom stereocenters. The van der Waals surface area contributed by atoms with Crippen molar-refractivity contribution in [3.05, 3.63) is 0 Å². The number of ether oxygens (including phenoxy) is 1. The minimum atomic E-state index is -1.000. The van der Waals surface area contributed by atoms with Gasteiger partial charge in [0.2, 0.25) is 0 Å². The first-order valence-electron chi connectivity index (χ1n) is 6.76. The molecule has 1 aliphatic rings. The van der Waals surface area contributed by atoms with E-state index in [-0.39, 0.29) is 18.1 Å². The van der Waals surface area contributed by atoms with Gasteiger partial charge >= 0.3 is 12.1 Å². The van der Waals surface area contributed by atoms with Gasteiger partial charge in [-0.15, -0.1) is 12.4 Å².